The molecule has 2 N–H and O–H groups in total. The van der Waals surface area contributed by atoms with Crippen LogP contribution in [0.4, 0.5) is 5.00 Å². The molecular weight excluding hydrogens is 238 g/mol. The summed E-state index contributed by atoms with van der Waals surface area (Å²) in [5, 5.41) is 4.76. The maximum atomic E-state index is 11.1. The molecule has 0 aliphatic heterocycles. The summed E-state index contributed by atoms with van der Waals surface area (Å²) in [5.74, 6) is 0. The standard InChI is InChI=1S/C9H6O2.C2H3N3S/c10-8-5-6-11-9-4-2-1-3-7(8)9;3-2-1-4-5-6-2/h1-6H;1H,3H2. The quantitative estimate of drug-likeness (QED) is 0.656. The van der Waals surface area contributed by atoms with E-state index >= 15 is 0 Å². The summed E-state index contributed by atoms with van der Waals surface area (Å²) >= 11 is 1.19. The fraction of sp³-hybridized carbons (Fsp3) is 0. The van der Waals surface area contributed by atoms with Crippen molar-refractivity contribution in [1.29, 1.82) is 0 Å². The van der Waals surface area contributed by atoms with Crippen molar-refractivity contribution in [1.82, 2.24) is 9.59 Å². The highest BCUT2D eigenvalue weighted by atomic mass is 32.1. The number of nitrogens with two attached hydrogens (primary N) is 1. The van der Waals surface area contributed by atoms with Crippen molar-refractivity contribution >= 4 is 27.5 Å². The summed E-state index contributed by atoms with van der Waals surface area (Å²) in [7, 11) is 0. The Hall–Kier alpha value is -2.21. The molecule has 0 spiro atoms. The van der Waals surface area contributed by atoms with Gasteiger partial charge < -0.3 is 10.2 Å². The third-order valence-corrected chi connectivity index (χ3v) is 2.44. The minimum atomic E-state index is 0.00634. The van der Waals surface area contributed by atoms with Gasteiger partial charge in [0.05, 0.1) is 17.8 Å². The van der Waals surface area contributed by atoms with E-state index in [-0.39, 0.29) is 5.43 Å². The smallest absolute Gasteiger partial charge is 0.192 e. The number of para-hydroxylation sites is 1. The topological polar surface area (TPSA) is 82.0 Å². The molecule has 3 rings (SSSR count). The SMILES string of the molecule is Nc1cnns1.O=c1ccoc2ccccc12. The molecule has 0 radical (unpaired) electrons. The number of anilines is 1. The van der Waals surface area contributed by atoms with Crippen molar-refractivity contribution in [2.75, 3.05) is 5.73 Å². The fourth-order valence-electron chi connectivity index (χ4n) is 1.21. The Morgan fingerprint density at radius 3 is 2.65 bits per heavy atom. The molecule has 2 heterocycles. The number of hydrogen-bond donors (Lipinski definition) is 1. The van der Waals surface area contributed by atoms with E-state index in [9.17, 15) is 4.79 Å². The van der Waals surface area contributed by atoms with Crippen LogP contribution in [0.5, 0.6) is 0 Å². The van der Waals surface area contributed by atoms with E-state index in [2.05, 4.69) is 9.59 Å². The summed E-state index contributed by atoms with van der Waals surface area (Å²) in [6.45, 7) is 0. The molecule has 0 bridgehead atoms. The number of rotatable bonds is 0. The average Bonchev–Trinajstić information content (AvgIpc) is 2.82. The molecule has 3 aromatic rings. The third kappa shape index (κ3) is 2.88. The molecular formula is C11H9N3O2S. The Labute approximate surface area is 101 Å². The first-order chi connectivity index (χ1) is 8.27. The van der Waals surface area contributed by atoms with Crippen LogP contribution in [0, 0.1) is 0 Å². The van der Waals surface area contributed by atoms with E-state index in [0.29, 0.717) is 16.0 Å². The van der Waals surface area contributed by atoms with E-state index in [1.807, 2.05) is 12.1 Å². The molecule has 0 atom stereocenters. The van der Waals surface area contributed by atoms with Crippen LogP contribution in [-0.2, 0) is 0 Å². The van der Waals surface area contributed by atoms with Gasteiger partial charge in [0.2, 0.25) is 0 Å². The van der Waals surface area contributed by atoms with Crippen LogP contribution in [0.3, 0.4) is 0 Å². The second-order valence-electron chi connectivity index (χ2n) is 3.10. The first kappa shape index (κ1) is 11.3. The van der Waals surface area contributed by atoms with E-state index in [1.54, 1.807) is 12.1 Å². The van der Waals surface area contributed by atoms with Crippen LogP contribution in [0.15, 0.2) is 52.0 Å². The number of fused-ring (bicyclic) bond motifs is 1. The summed E-state index contributed by atoms with van der Waals surface area (Å²) in [6, 6.07) is 8.60. The van der Waals surface area contributed by atoms with Gasteiger partial charge in [0.15, 0.2) is 5.43 Å². The largest absolute Gasteiger partial charge is 0.464 e. The number of benzene rings is 1. The van der Waals surface area contributed by atoms with Crippen molar-refractivity contribution in [2.45, 2.75) is 0 Å². The molecule has 86 valence electrons. The number of aromatic nitrogens is 2. The van der Waals surface area contributed by atoms with E-state index in [0.717, 1.165) is 0 Å². The summed E-state index contributed by atoms with van der Waals surface area (Å²) in [4.78, 5) is 11.1. The number of hydrogen-bond acceptors (Lipinski definition) is 6. The lowest BCUT2D eigenvalue weighted by Crippen LogP contribution is -1.96. The van der Waals surface area contributed by atoms with Crippen molar-refractivity contribution in [3.63, 3.8) is 0 Å². The van der Waals surface area contributed by atoms with Crippen LogP contribution in [-0.4, -0.2) is 9.59 Å². The first-order valence-electron chi connectivity index (χ1n) is 4.77. The molecule has 0 aliphatic carbocycles. The van der Waals surface area contributed by atoms with Crippen LogP contribution >= 0.6 is 11.5 Å². The molecule has 6 heteroatoms. The Morgan fingerprint density at radius 2 is 2.06 bits per heavy atom. The molecule has 2 aromatic heterocycles. The molecule has 17 heavy (non-hydrogen) atoms. The predicted molar refractivity (Wildman–Crippen MR) is 66.8 cm³/mol. The molecule has 0 saturated carbocycles. The predicted octanol–water partition coefficient (Wildman–Crippen LogP) is 1.91. The van der Waals surface area contributed by atoms with Crippen LogP contribution in [0.2, 0.25) is 0 Å². The lowest BCUT2D eigenvalue weighted by molar-refractivity contribution is 0.602. The Balaban J connectivity index is 0.000000153. The Morgan fingerprint density at radius 1 is 1.24 bits per heavy atom. The lowest BCUT2D eigenvalue weighted by Gasteiger charge is -1.91. The van der Waals surface area contributed by atoms with Crippen molar-refractivity contribution in [3.8, 4) is 0 Å². The summed E-state index contributed by atoms with van der Waals surface area (Å²) in [6.07, 6.45) is 2.93. The maximum absolute atomic E-state index is 11.1. The van der Waals surface area contributed by atoms with Gasteiger partial charge in [-0.05, 0) is 12.1 Å². The number of nitrogen functional groups attached to an aromatic ring is 1. The minimum Gasteiger partial charge on any atom is -0.464 e. The van der Waals surface area contributed by atoms with Gasteiger partial charge in [0.1, 0.15) is 10.6 Å². The molecule has 0 saturated heterocycles. The molecule has 5 nitrogen and oxygen atoms in total. The highest BCUT2D eigenvalue weighted by Gasteiger charge is 1.95. The molecule has 0 aliphatic rings. The lowest BCUT2D eigenvalue weighted by atomic mass is 10.2. The molecule has 0 unspecified atom stereocenters. The van der Waals surface area contributed by atoms with E-state index in [4.69, 9.17) is 10.2 Å². The molecule has 1 aromatic carbocycles. The van der Waals surface area contributed by atoms with Gasteiger partial charge in [-0.2, -0.15) is 0 Å². The van der Waals surface area contributed by atoms with Crippen LogP contribution < -0.4 is 11.2 Å². The Bertz CT molecular complexity index is 644. The maximum Gasteiger partial charge on any atom is 0.192 e. The highest BCUT2D eigenvalue weighted by Crippen LogP contribution is 2.06. The van der Waals surface area contributed by atoms with Crippen LogP contribution in [0.1, 0.15) is 0 Å². The van der Waals surface area contributed by atoms with Crippen molar-refractivity contribution < 1.29 is 4.42 Å². The van der Waals surface area contributed by atoms with Gasteiger partial charge in [-0.25, -0.2) is 0 Å². The zero-order chi connectivity index (χ0) is 12.1. The van der Waals surface area contributed by atoms with E-state index < -0.39 is 0 Å². The van der Waals surface area contributed by atoms with Gasteiger partial charge >= 0.3 is 0 Å². The van der Waals surface area contributed by atoms with Crippen molar-refractivity contribution in [3.05, 3.63) is 53.0 Å². The van der Waals surface area contributed by atoms with Gasteiger partial charge in [0, 0.05) is 17.6 Å². The monoisotopic (exact) mass is 247 g/mol. The summed E-state index contributed by atoms with van der Waals surface area (Å²) < 4.78 is 8.58. The average molecular weight is 247 g/mol. The second-order valence-corrected chi connectivity index (χ2v) is 3.92. The minimum absolute atomic E-state index is 0.00634. The van der Waals surface area contributed by atoms with Gasteiger partial charge in [-0.15, -0.1) is 5.10 Å². The first-order valence-corrected chi connectivity index (χ1v) is 5.54. The zero-order valence-corrected chi connectivity index (χ0v) is 9.55. The van der Waals surface area contributed by atoms with Crippen LogP contribution in [0.25, 0.3) is 11.0 Å². The molecule has 0 fully saturated rings. The van der Waals surface area contributed by atoms with Gasteiger partial charge in [-0.3, -0.25) is 4.79 Å². The third-order valence-electron chi connectivity index (χ3n) is 1.95. The van der Waals surface area contributed by atoms with Gasteiger partial charge in [0.25, 0.3) is 0 Å². The van der Waals surface area contributed by atoms with Crippen molar-refractivity contribution in [2.24, 2.45) is 0 Å². The number of nitrogens with zero attached hydrogens (tertiary/aromatic N) is 2. The normalized spacial score (nSPS) is 9.65. The zero-order valence-electron chi connectivity index (χ0n) is 8.74. The van der Waals surface area contributed by atoms with E-state index in [1.165, 1.54) is 30.1 Å². The molecule has 0 amide bonds. The Kier molecular flexibility index (Phi) is 3.46. The summed E-state index contributed by atoms with van der Waals surface area (Å²) in [5.41, 5.74) is 5.82. The second kappa shape index (κ2) is 5.22. The fourth-order valence-corrected chi connectivity index (χ4v) is 1.49. The van der Waals surface area contributed by atoms with Gasteiger partial charge in [-0.1, -0.05) is 16.6 Å². The highest BCUT2D eigenvalue weighted by molar-refractivity contribution is 7.09.